The number of rotatable bonds is 6. The summed E-state index contributed by atoms with van der Waals surface area (Å²) >= 11 is 0. The molecule has 1 aliphatic rings. The third-order valence-corrected chi connectivity index (χ3v) is 6.38. The lowest BCUT2D eigenvalue weighted by Crippen LogP contribution is -2.49. The summed E-state index contributed by atoms with van der Waals surface area (Å²) < 4.78 is 67.1. The molecule has 0 bridgehead atoms. The molecule has 156 valence electrons. The highest BCUT2D eigenvalue weighted by Crippen LogP contribution is 2.35. The topological polar surface area (TPSA) is 41.5 Å². The fourth-order valence-corrected chi connectivity index (χ4v) is 4.44. The molecular weight excluding hydrogens is 392 g/mol. The summed E-state index contributed by atoms with van der Waals surface area (Å²) in [5.74, 6) is -8.87. The van der Waals surface area contributed by atoms with Crippen LogP contribution in [0.2, 0.25) is 0 Å². The number of aliphatic imine (C=N–C) groups is 1. The molecule has 2 rings (SSSR count). The first-order valence-electron chi connectivity index (χ1n) is 9.10. The Hall–Kier alpha value is -1.70. The van der Waals surface area contributed by atoms with Crippen molar-refractivity contribution in [1.82, 2.24) is 5.32 Å². The van der Waals surface area contributed by atoms with E-state index in [-0.39, 0.29) is 19.4 Å². The van der Waals surface area contributed by atoms with Gasteiger partial charge >= 0.3 is 11.8 Å². The van der Waals surface area contributed by atoms with Crippen molar-refractivity contribution in [1.29, 1.82) is 0 Å². The number of halogens is 4. The third-order valence-electron chi connectivity index (χ3n) is 4.48. The molecule has 0 saturated heterocycles. The molecule has 0 radical (unpaired) electrons. The van der Waals surface area contributed by atoms with Crippen molar-refractivity contribution in [3.63, 3.8) is 0 Å². The van der Waals surface area contributed by atoms with Gasteiger partial charge < -0.3 is 5.32 Å². The fourth-order valence-electron chi connectivity index (χ4n) is 2.99. The summed E-state index contributed by atoms with van der Waals surface area (Å²) in [7, 11) is -1.18. The van der Waals surface area contributed by atoms with Crippen LogP contribution < -0.4 is 5.32 Å². The first-order valence-corrected chi connectivity index (χ1v) is 10.4. The lowest BCUT2D eigenvalue weighted by atomic mass is 9.97. The first-order chi connectivity index (χ1) is 12.8. The highest BCUT2D eigenvalue weighted by atomic mass is 32.2. The van der Waals surface area contributed by atoms with Gasteiger partial charge in [-0.1, -0.05) is 19.9 Å². The Balaban J connectivity index is 2.37. The smallest absolute Gasteiger partial charge is 0.345 e. The minimum Gasteiger partial charge on any atom is -0.345 e. The van der Waals surface area contributed by atoms with Crippen LogP contribution >= 0.6 is 0 Å². The third kappa shape index (κ3) is 4.82. The lowest BCUT2D eigenvalue weighted by Gasteiger charge is -2.24. The average molecular weight is 419 g/mol. The molecule has 1 atom stereocenters. The van der Waals surface area contributed by atoms with Crippen molar-refractivity contribution in [2.24, 2.45) is 10.9 Å². The van der Waals surface area contributed by atoms with Crippen LogP contribution in [0.5, 0.6) is 0 Å². The molecule has 28 heavy (non-hydrogen) atoms. The molecule has 0 fully saturated rings. The predicted octanol–water partition coefficient (Wildman–Crippen LogP) is 5.09. The zero-order valence-corrected chi connectivity index (χ0v) is 17.5. The van der Waals surface area contributed by atoms with Crippen LogP contribution in [-0.4, -0.2) is 34.2 Å². The largest absolute Gasteiger partial charge is 0.365 e. The van der Waals surface area contributed by atoms with E-state index >= 15 is 0 Å². The van der Waals surface area contributed by atoms with Crippen LogP contribution in [0.1, 0.15) is 43.9 Å². The Bertz CT molecular complexity index is 826. The average Bonchev–Trinajstić information content (AvgIpc) is 2.79. The number of alkyl halides is 4. The maximum absolute atomic E-state index is 13.9. The quantitative estimate of drug-likeness (QED) is 0.654. The van der Waals surface area contributed by atoms with Gasteiger partial charge in [0.1, 0.15) is 0 Å². The van der Waals surface area contributed by atoms with Gasteiger partial charge in [-0.3, -0.25) is 9.20 Å². The second-order valence-corrected chi connectivity index (χ2v) is 9.06. The van der Waals surface area contributed by atoms with Crippen molar-refractivity contribution in [2.75, 3.05) is 12.3 Å². The van der Waals surface area contributed by atoms with Crippen LogP contribution in [0.15, 0.2) is 28.2 Å². The van der Waals surface area contributed by atoms with Crippen molar-refractivity contribution < 1.29 is 21.8 Å². The monoisotopic (exact) mass is 418 g/mol. The van der Waals surface area contributed by atoms with Gasteiger partial charge in [0, 0.05) is 30.3 Å². The van der Waals surface area contributed by atoms with Crippen molar-refractivity contribution in [3.05, 3.63) is 35.0 Å². The Morgan fingerprint density at radius 1 is 1.18 bits per heavy atom. The second kappa shape index (κ2) is 8.35. The molecule has 3 nitrogen and oxygen atoms in total. The summed E-state index contributed by atoms with van der Waals surface area (Å²) in [5, 5.41) is 2.28. The molecule has 1 aliphatic heterocycles. The summed E-state index contributed by atoms with van der Waals surface area (Å²) in [6.07, 6.45) is 1.61. The minimum absolute atomic E-state index is 0.0441. The minimum atomic E-state index is -4.38. The van der Waals surface area contributed by atoms with Crippen molar-refractivity contribution in [2.45, 2.75) is 57.8 Å². The molecule has 1 N–H and O–H groups in total. The van der Waals surface area contributed by atoms with Gasteiger partial charge in [-0.05, 0) is 54.5 Å². The number of amidine groups is 1. The van der Waals surface area contributed by atoms with Crippen LogP contribution in [0.3, 0.4) is 0 Å². The maximum Gasteiger partial charge on any atom is 0.365 e. The molecule has 0 amide bonds. The van der Waals surface area contributed by atoms with E-state index in [1.807, 2.05) is 39.8 Å². The van der Waals surface area contributed by atoms with Gasteiger partial charge in [-0.2, -0.15) is 17.6 Å². The molecular formula is C20H26F4N2OS. The standard InChI is InChI=1S/C20H26F4N2OS/c1-12(2)11-28(27)17-9-16(13(3)8-14(17)4)15-6-7-25-18(26-10-15)20(23,24)19(5,21)22/h8-10,12H,6-7,11H2,1-5H3,(H,25,26). The SMILES string of the molecule is Cc1cc(C)c(S(=O)CC(C)C)cc1C1=CNC(C(F)(F)C(C)(F)F)=NCC1. The van der Waals surface area contributed by atoms with Gasteiger partial charge in [-0.15, -0.1) is 0 Å². The number of nitrogens with zero attached hydrogens (tertiary/aromatic N) is 1. The summed E-state index contributed by atoms with van der Waals surface area (Å²) in [5.41, 5.74) is 3.21. The molecule has 0 saturated carbocycles. The Morgan fingerprint density at radius 3 is 2.39 bits per heavy atom. The lowest BCUT2D eigenvalue weighted by molar-refractivity contribution is -0.154. The highest BCUT2D eigenvalue weighted by Gasteiger charge is 2.56. The Kier molecular flexibility index (Phi) is 6.74. The second-order valence-electron chi connectivity index (χ2n) is 7.60. The normalized spacial score (nSPS) is 16.9. The van der Waals surface area contributed by atoms with Crippen LogP contribution in [0, 0.1) is 19.8 Å². The van der Waals surface area contributed by atoms with Crippen LogP contribution in [0.25, 0.3) is 5.57 Å². The van der Waals surface area contributed by atoms with E-state index in [1.54, 1.807) is 0 Å². The Morgan fingerprint density at radius 2 is 1.82 bits per heavy atom. The molecule has 0 aliphatic carbocycles. The van der Waals surface area contributed by atoms with E-state index < -0.39 is 28.5 Å². The number of nitrogens with one attached hydrogen (secondary N) is 1. The molecule has 1 aromatic carbocycles. The van der Waals surface area contributed by atoms with E-state index in [2.05, 4.69) is 10.3 Å². The van der Waals surface area contributed by atoms with Crippen LogP contribution in [0.4, 0.5) is 17.6 Å². The number of aryl methyl sites for hydroxylation is 2. The van der Waals surface area contributed by atoms with E-state index in [0.29, 0.717) is 22.6 Å². The maximum atomic E-state index is 13.9. The first kappa shape index (κ1) is 22.6. The zero-order chi connectivity index (χ0) is 21.3. The van der Waals surface area contributed by atoms with Gasteiger partial charge in [0.25, 0.3) is 0 Å². The summed E-state index contributed by atoms with van der Waals surface area (Å²) in [4.78, 5) is 4.34. The van der Waals surface area contributed by atoms with Crippen molar-refractivity contribution in [3.8, 4) is 0 Å². The van der Waals surface area contributed by atoms with Crippen molar-refractivity contribution >= 4 is 22.2 Å². The van der Waals surface area contributed by atoms with E-state index in [4.69, 9.17) is 0 Å². The molecule has 1 unspecified atom stereocenters. The molecule has 1 aromatic rings. The number of hydrogen-bond acceptors (Lipinski definition) is 3. The van der Waals surface area contributed by atoms with Gasteiger partial charge in [-0.25, -0.2) is 0 Å². The highest BCUT2D eigenvalue weighted by molar-refractivity contribution is 7.85. The number of hydrogen-bond donors (Lipinski definition) is 1. The zero-order valence-electron chi connectivity index (χ0n) is 16.7. The summed E-state index contributed by atoms with van der Waals surface area (Å²) in [6, 6.07) is 3.72. The van der Waals surface area contributed by atoms with Gasteiger partial charge in [0.2, 0.25) is 0 Å². The predicted molar refractivity (Wildman–Crippen MR) is 106 cm³/mol. The van der Waals surface area contributed by atoms with E-state index in [0.717, 1.165) is 16.7 Å². The fraction of sp³-hybridized carbons (Fsp3) is 0.550. The van der Waals surface area contributed by atoms with E-state index in [9.17, 15) is 21.8 Å². The summed E-state index contributed by atoms with van der Waals surface area (Å²) in [6.45, 7) is 7.87. The number of benzene rings is 1. The van der Waals surface area contributed by atoms with Crippen LogP contribution in [-0.2, 0) is 10.8 Å². The molecule has 0 aromatic heterocycles. The molecule has 8 heteroatoms. The van der Waals surface area contributed by atoms with Gasteiger partial charge in [0.15, 0.2) is 5.84 Å². The molecule has 0 spiro atoms. The Labute approximate surface area is 165 Å². The van der Waals surface area contributed by atoms with Gasteiger partial charge in [0.05, 0.1) is 10.8 Å². The molecule has 1 heterocycles. The van der Waals surface area contributed by atoms with E-state index in [1.165, 1.54) is 6.20 Å².